The van der Waals surface area contributed by atoms with Crippen LogP contribution in [0.15, 0.2) is 17.1 Å². The first-order valence-electron chi connectivity index (χ1n) is 7.89. The molecule has 3 rings (SSSR count). The summed E-state index contributed by atoms with van der Waals surface area (Å²) < 4.78 is 15.7. The van der Waals surface area contributed by atoms with Gasteiger partial charge in [0.05, 0.1) is 22.4 Å². The molecule has 5 nitrogen and oxygen atoms in total. The van der Waals surface area contributed by atoms with Crippen molar-refractivity contribution in [1.82, 2.24) is 4.40 Å². The summed E-state index contributed by atoms with van der Waals surface area (Å²) in [5.74, 6) is -1.51. The van der Waals surface area contributed by atoms with Gasteiger partial charge in [-0.3, -0.25) is 9.20 Å². The predicted molar refractivity (Wildman–Crippen MR) is 98.2 cm³/mol. The van der Waals surface area contributed by atoms with Crippen LogP contribution in [-0.2, 0) is 6.42 Å². The summed E-state index contributed by atoms with van der Waals surface area (Å²) >= 11 is 6.47. The molecule has 1 unspecified atom stereocenters. The first-order valence-corrected chi connectivity index (χ1v) is 8.27. The molecule has 0 aromatic carbocycles. The standard InChI is InChI=1S/C17H18ClFN2O3.ClH/c1-3-10-6-11(17(23)24)16(22)21-8-12(19)15(13(18)14(10)21)20-5-4-9(2)7-20;/h6,8-9H,3-5,7H2,1-2H3,(H,23,24);1H. The van der Waals surface area contributed by atoms with E-state index in [1.54, 1.807) is 0 Å². The Morgan fingerprint density at radius 1 is 1.48 bits per heavy atom. The predicted octanol–water partition coefficient (Wildman–Crippen LogP) is 3.62. The normalized spacial score (nSPS) is 17.0. The number of hydrogen-bond acceptors (Lipinski definition) is 3. The van der Waals surface area contributed by atoms with Gasteiger partial charge in [-0.05, 0) is 30.4 Å². The van der Waals surface area contributed by atoms with E-state index in [-0.39, 0.29) is 28.7 Å². The number of carboxylic acid groups (broad SMARTS) is 1. The van der Waals surface area contributed by atoms with Crippen LogP contribution in [0, 0.1) is 11.7 Å². The molecule has 1 atom stereocenters. The van der Waals surface area contributed by atoms with Crippen LogP contribution < -0.4 is 10.5 Å². The van der Waals surface area contributed by atoms with E-state index in [9.17, 15) is 19.1 Å². The molecule has 1 N–H and O–H groups in total. The Balaban J connectivity index is 0.00000225. The van der Waals surface area contributed by atoms with Gasteiger partial charge in [0.2, 0.25) is 0 Å². The molecule has 1 fully saturated rings. The number of halogens is 3. The summed E-state index contributed by atoms with van der Waals surface area (Å²) in [4.78, 5) is 25.5. The first kappa shape index (κ1) is 19.5. The van der Waals surface area contributed by atoms with Crippen molar-refractivity contribution >= 4 is 41.2 Å². The third-order valence-corrected chi connectivity index (χ3v) is 4.91. The number of carboxylic acids is 1. The minimum absolute atomic E-state index is 0. The minimum atomic E-state index is -1.34. The highest BCUT2D eigenvalue weighted by atomic mass is 35.5. The highest BCUT2D eigenvalue weighted by molar-refractivity contribution is 6.36. The van der Waals surface area contributed by atoms with E-state index in [1.165, 1.54) is 6.07 Å². The molecule has 136 valence electrons. The second kappa shape index (κ2) is 7.22. The Hall–Kier alpha value is -1.79. The molecule has 8 heteroatoms. The van der Waals surface area contributed by atoms with Crippen LogP contribution in [0.25, 0.3) is 5.52 Å². The molecular weight excluding hydrogens is 370 g/mol. The highest BCUT2D eigenvalue weighted by Crippen LogP contribution is 2.36. The van der Waals surface area contributed by atoms with Crippen molar-refractivity contribution in [2.75, 3.05) is 18.0 Å². The topological polar surface area (TPSA) is 62.0 Å². The van der Waals surface area contributed by atoms with Gasteiger partial charge in [0.15, 0.2) is 5.82 Å². The van der Waals surface area contributed by atoms with Crippen LogP contribution in [0.3, 0.4) is 0 Å². The Morgan fingerprint density at radius 2 is 2.16 bits per heavy atom. The number of anilines is 1. The quantitative estimate of drug-likeness (QED) is 0.871. The third-order valence-electron chi connectivity index (χ3n) is 4.55. The summed E-state index contributed by atoms with van der Waals surface area (Å²) in [6, 6.07) is 1.33. The molecule has 1 saturated heterocycles. The molecule has 2 aromatic rings. The molecule has 0 spiro atoms. The van der Waals surface area contributed by atoms with Crippen molar-refractivity contribution in [3.8, 4) is 0 Å². The second-order valence-electron chi connectivity index (χ2n) is 6.25. The van der Waals surface area contributed by atoms with Gasteiger partial charge in [-0.25, -0.2) is 9.18 Å². The van der Waals surface area contributed by atoms with Gasteiger partial charge < -0.3 is 10.0 Å². The molecule has 0 aliphatic carbocycles. The fraction of sp³-hybridized carbons (Fsp3) is 0.412. The van der Waals surface area contributed by atoms with E-state index in [0.717, 1.165) is 17.0 Å². The zero-order valence-electron chi connectivity index (χ0n) is 13.9. The summed E-state index contributed by atoms with van der Waals surface area (Å²) in [7, 11) is 0. The van der Waals surface area contributed by atoms with Crippen LogP contribution in [-0.4, -0.2) is 28.6 Å². The fourth-order valence-electron chi connectivity index (χ4n) is 3.30. The van der Waals surface area contributed by atoms with Gasteiger partial charge >= 0.3 is 5.97 Å². The zero-order valence-corrected chi connectivity index (χ0v) is 15.5. The lowest BCUT2D eigenvalue weighted by molar-refractivity contribution is 0.0694. The zero-order chi connectivity index (χ0) is 17.6. The van der Waals surface area contributed by atoms with Gasteiger partial charge in [-0.15, -0.1) is 12.4 Å². The molecule has 0 bridgehead atoms. The van der Waals surface area contributed by atoms with Crippen LogP contribution in [0.5, 0.6) is 0 Å². The highest BCUT2D eigenvalue weighted by Gasteiger charge is 2.27. The van der Waals surface area contributed by atoms with Gasteiger partial charge in [0, 0.05) is 13.1 Å². The lowest BCUT2D eigenvalue weighted by Crippen LogP contribution is -2.26. The number of aromatic nitrogens is 1. The number of nitrogens with zero attached hydrogens (tertiary/aromatic N) is 2. The number of rotatable bonds is 3. The molecule has 0 radical (unpaired) electrons. The van der Waals surface area contributed by atoms with Gasteiger partial charge in [-0.2, -0.15) is 0 Å². The number of aromatic carboxylic acids is 1. The maximum absolute atomic E-state index is 14.7. The summed E-state index contributed by atoms with van der Waals surface area (Å²) in [5.41, 5.74) is 0.105. The Kier molecular flexibility index (Phi) is 5.64. The number of carbonyl (C=O) groups is 1. The average Bonchev–Trinajstić information content (AvgIpc) is 2.94. The third kappa shape index (κ3) is 3.20. The largest absolute Gasteiger partial charge is 0.477 e. The first-order chi connectivity index (χ1) is 11.3. The Morgan fingerprint density at radius 3 is 2.68 bits per heavy atom. The number of aryl methyl sites for hydroxylation is 1. The van der Waals surface area contributed by atoms with E-state index < -0.39 is 17.3 Å². The summed E-state index contributed by atoms with van der Waals surface area (Å²) in [6.07, 6.45) is 2.48. The molecule has 1 aliphatic rings. The van der Waals surface area contributed by atoms with Crippen molar-refractivity contribution in [3.05, 3.63) is 44.6 Å². The minimum Gasteiger partial charge on any atom is -0.477 e. The van der Waals surface area contributed by atoms with Crippen LogP contribution in [0.2, 0.25) is 5.02 Å². The lowest BCUT2D eigenvalue weighted by Gasteiger charge is -2.22. The number of fused-ring (bicyclic) bond motifs is 1. The monoisotopic (exact) mass is 388 g/mol. The summed E-state index contributed by atoms with van der Waals surface area (Å²) in [6.45, 7) is 5.33. The Bertz CT molecular complexity index is 898. The molecule has 0 amide bonds. The van der Waals surface area contributed by atoms with Crippen LogP contribution in [0.1, 0.15) is 36.2 Å². The van der Waals surface area contributed by atoms with Crippen molar-refractivity contribution in [3.63, 3.8) is 0 Å². The van der Waals surface area contributed by atoms with E-state index in [1.807, 2.05) is 11.8 Å². The van der Waals surface area contributed by atoms with Gasteiger partial charge in [0.25, 0.3) is 5.56 Å². The number of hydrogen-bond donors (Lipinski definition) is 1. The molecular formula is C17H19Cl2FN2O3. The van der Waals surface area contributed by atoms with E-state index in [0.29, 0.717) is 36.5 Å². The molecule has 0 saturated carbocycles. The number of pyridine rings is 2. The lowest BCUT2D eigenvalue weighted by atomic mass is 10.1. The average molecular weight is 389 g/mol. The van der Waals surface area contributed by atoms with E-state index in [4.69, 9.17) is 11.6 Å². The molecule has 2 aromatic heterocycles. The van der Waals surface area contributed by atoms with Crippen molar-refractivity contribution in [2.24, 2.45) is 5.92 Å². The molecule has 3 heterocycles. The van der Waals surface area contributed by atoms with Gasteiger partial charge in [-0.1, -0.05) is 25.4 Å². The fourth-order valence-corrected chi connectivity index (χ4v) is 3.72. The summed E-state index contributed by atoms with van der Waals surface area (Å²) in [5, 5.41) is 9.35. The van der Waals surface area contributed by atoms with E-state index >= 15 is 0 Å². The molecule has 1 aliphatic heterocycles. The van der Waals surface area contributed by atoms with Crippen molar-refractivity contribution in [2.45, 2.75) is 26.7 Å². The van der Waals surface area contributed by atoms with Gasteiger partial charge in [0.1, 0.15) is 5.56 Å². The van der Waals surface area contributed by atoms with Crippen molar-refractivity contribution < 1.29 is 14.3 Å². The maximum Gasteiger partial charge on any atom is 0.341 e. The second-order valence-corrected chi connectivity index (χ2v) is 6.62. The molecule has 25 heavy (non-hydrogen) atoms. The van der Waals surface area contributed by atoms with Crippen LogP contribution in [0.4, 0.5) is 10.1 Å². The van der Waals surface area contributed by atoms with Crippen LogP contribution >= 0.6 is 24.0 Å². The van der Waals surface area contributed by atoms with E-state index in [2.05, 4.69) is 6.92 Å². The van der Waals surface area contributed by atoms with Crippen molar-refractivity contribution in [1.29, 1.82) is 0 Å². The SMILES string of the molecule is CCc1cc(C(=O)O)c(=O)n2cc(F)c(N3CCC(C)C3)c(Cl)c12.Cl. The smallest absolute Gasteiger partial charge is 0.341 e. The maximum atomic E-state index is 14.7. The Labute approximate surface area is 155 Å².